The molecule has 180 valence electrons. The highest BCUT2D eigenvalue weighted by molar-refractivity contribution is 7.98. The molecule has 1 aromatic heterocycles. The molecular formula is C28H27ClFN3OS. The summed E-state index contributed by atoms with van der Waals surface area (Å²) >= 11 is 7.85. The standard InChI is InChI=1S/C28H27ClFN3OS/c1-35-26-9-23(29)6-7-25(26)19-4-2-18(3-5-19)22-14-32(15-22)27(34)33-16-28(17-33)10-21(11-28)20-8-24(30)13-31-12-20/h2-9,12-13,21-22H,10-11,14-17H2,1H3. The lowest BCUT2D eigenvalue weighted by molar-refractivity contribution is -0.0587. The summed E-state index contributed by atoms with van der Waals surface area (Å²) in [6, 6.07) is 16.5. The maximum Gasteiger partial charge on any atom is 0.320 e. The number of rotatable bonds is 4. The topological polar surface area (TPSA) is 36.4 Å². The smallest absolute Gasteiger partial charge is 0.320 e. The van der Waals surface area contributed by atoms with E-state index in [1.807, 2.05) is 21.9 Å². The van der Waals surface area contributed by atoms with Gasteiger partial charge in [-0.05, 0) is 65.5 Å². The number of carbonyl (C=O) groups excluding carboxylic acids is 1. The molecule has 0 radical (unpaired) electrons. The van der Waals surface area contributed by atoms with Gasteiger partial charge in [0, 0.05) is 53.6 Å². The Morgan fingerprint density at radius 2 is 1.74 bits per heavy atom. The zero-order valence-electron chi connectivity index (χ0n) is 19.6. The molecule has 3 fully saturated rings. The van der Waals surface area contributed by atoms with Crippen molar-refractivity contribution in [3.8, 4) is 11.1 Å². The molecule has 2 aromatic carbocycles. The Labute approximate surface area is 214 Å². The van der Waals surface area contributed by atoms with Crippen LogP contribution < -0.4 is 0 Å². The molecule has 0 N–H and O–H groups in total. The van der Waals surface area contributed by atoms with Gasteiger partial charge in [-0.15, -0.1) is 11.8 Å². The summed E-state index contributed by atoms with van der Waals surface area (Å²) in [5.74, 6) is 0.485. The molecule has 1 aliphatic carbocycles. The van der Waals surface area contributed by atoms with Crippen LogP contribution in [0.2, 0.25) is 5.02 Å². The van der Waals surface area contributed by atoms with Crippen LogP contribution in [0.3, 0.4) is 0 Å². The van der Waals surface area contributed by atoms with Crippen molar-refractivity contribution in [3.05, 3.63) is 82.9 Å². The van der Waals surface area contributed by atoms with E-state index in [9.17, 15) is 9.18 Å². The normalized spacial score (nSPS) is 19.3. The average molecular weight is 508 g/mol. The Bertz CT molecular complexity index is 1260. The fourth-order valence-electron chi connectivity index (χ4n) is 5.91. The fraction of sp³-hybridized carbons (Fsp3) is 0.357. The van der Waals surface area contributed by atoms with Gasteiger partial charge in [-0.1, -0.05) is 41.9 Å². The van der Waals surface area contributed by atoms with Gasteiger partial charge in [-0.2, -0.15) is 0 Å². The first-order valence-electron chi connectivity index (χ1n) is 12.0. The van der Waals surface area contributed by atoms with Gasteiger partial charge < -0.3 is 9.80 Å². The first-order valence-corrected chi connectivity index (χ1v) is 13.6. The largest absolute Gasteiger partial charge is 0.323 e. The highest BCUT2D eigenvalue weighted by atomic mass is 35.5. The second-order valence-corrected chi connectivity index (χ2v) is 11.5. The summed E-state index contributed by atoms with van der Waals surface area (Å²) in [6.07, 6.45) is 7.11. The lowest BCUT2D eigenvalue weighted by Crippen LogP contribution is -2.67. The van der Waals surface area contributed by atoms with E-state index in [0.29, 0.717) is 11.8 Å². The quantitative estimate of drug-likeness (QED) is 0.370. The molecule has 35 heavy (non-hydrogen) atoms. The molecule has 2 aliphatic heterocycles. The van der Waals surface area contributed by atoms with Crippen LogP contribution in [0.1, 0.15) is 35.8 Å². The fourth-order valence-corrected chi connectivity index (χ4v) is 6.80. The third kappa shape index (κ3) is 4.21. The van der Waals surface area contributed by atoms with Crippen molar-refractivity contribution in [1.82, 2.24) is 14.8 Å². The first kappa shape index (κ1) is 22.9. The number of amides is 2. The van der Waals surface area contributed by atoms with Gasteiger partial charge in [0.05, 0.1) is 6.20 Å². The van der Waals surface area contributed by atoms with Crippen molar-refractivity contribution in [2.45, 2.75) is 29.6 Å². The Hall–Kier alpha value is -2.57. The van der Waals surface area contributed by atoms with Gasteiger partial charge in [0.15, 0.2) is 0 Å². The number of aromatic nitrogens is 1. The van der Waals surface area contributed by atoms with Gasteiger partial charge in [-0.3, -0.25) is 4.98 Å². The maximum atomic E-state index is 13.4. The SMILES string of the molecule is CSc1cc(Cl)ccc1-c1ccc(C2CN(C(=O)N3CC4(CC(c5cncc(F)c5)C4)C3)C2)cc1. The van der Waals surface area contributed by atoms with E-state index >= 15 is 0 Å². The van der Waals surface area contributed by atoms with Gasteiger partial charge in [0.2, 0.25) is 0 Å². The van der Waals surface area contributed by atoms with E-state index in [-0.39, 0.29) is 17.3 Å². The van der Waals surface area contributed by atoms with Crippen LogP contribution in [0, 0.1) is 11.2 Å². The zero-order valence-corrected chi connectivity index (χ0v) is 21.2. The van der Waals surface area contributed by atoms with Gasteiger partial charge in [0.25, 0.3) is 0 Å². The Morgan fingerprint density at radius 3 is 2.43 bits per heavy atom. The van der Waals surface area contributed by atoms with Crippen molar-refractivity contribution in [3.63, 3.8) is 0 Å². The van der Waals surface area contributed by atoms with Crippen molar-refractivity contribution < 1.29 is 9.18 Å². The Balaban J connectivity index is 1.00. The molecule has 0 unspecified atom stereocenters. The van der Waals surface area contributed by atoms with Gasteiger partial charge >= 0.3 is 6.03 Å². The summed E-state index contributed by atoms with van der Waals surface area (Å²) < 4.78 is 13.4. The minimum atomic E-state index is -0.273. The molecule has 3 heterocycles. The third-order valence-corrected chi connectivity index (χ3v) is 8.90. The predicted molar refractivity (Wildman–Crippen MR) is 139 cm³/mol. The lowest BCUT2D eigenvalue weighted by atomic mass is 9.56. The Kier molecular flexibility index (Phi) is 5.76. The summed E-state index contributed by atoms with van der Waals surface area (Å²) in [5.41, 5.74) is 4.86. The number of hydrogen-bond acceptors (Lipinski definition) is 3. The second-order valence-electron chi connectivity index (χ2n) is 10.2. The molecule has 6 rings (SSSR count). The van der Waals surface area contributed by atoms with Crippen molar-refractivity contribution in [2.75, 3.05) is 32.4 Å². The summed E-state index contributed by atoms with van der Waals surface area (Å²) in [7, 11) is 0. The van der Waals surface area contributed by atoms with Crippen molar-refractivity contribution >= 4 is 29.4 Å². The molecule has 0 bridgehead atoms. The molecule has 0 atom stereocenters. The number of benzene rings is 2. The molecule has 2 amide bonds. The van der Waals surface area contributed by atoms with E-state index < -0.39 is 0 Å². The predicted octanol–water partition coefficient (Wildman–Crippen LogP) is 6.66. The molecular weight excluding hydrogens is 481 g/mol. The second kappa shape index (κ2) is 8.82. The van der Waals surface area contributed by atoms with Crippen molar-refractivity contribution in [2.24, 2.45) is 5.41 Å². The summed E-state index contributed by atoms with van der Waals surface area (Å²) in [5, 5.41) is 0.753. The van der Waals surface area contributed by atoms with Crippen molar-refractivity contribution in [1.29, 1.82) is 0 Å². The summed E-state index contributed by atoms with van der Waals surface area (Å²) in [4.78, 5) is 22.0. The van der Waals surface area contributed by atoms with E-state index in [1.54, 1.807) is 24.0 Å². The minimum absolute atomic E-state index is 0.158. The molecule has 1 saturated carbocycles. The van der Waals surface area contributed by atoms with Crippen LogP contribution in [0.15, 0.2) is 65.8 Å². The molecule has 1 spiro atoms. The number of carbonyl (C=O) groups is 1. The minimum Gasteiger partial charge on any atom is -0.323 e. The number of likely N-dealkylation sites (tertiary alicyclic amines) is 2. The lowest BCUT2D eigenvalue weighted by Gasteiger charge is -2.60. The van der Waals surface area contributed by atoms with Crippen LogP contribution in [-0.4, -0.2) is 53.2 Å². The third-order valence-electron chi connectivity index (χ3n) is 7.89. The van der Waals surface area contributed by atoms with Crippen LogP contribution in [0.25, 0.3) is 11.1 Å². The van der Waals surface area contributed by atoms with Crippen LogP contribution in [0.5, 0.6) is 0 Å². The van der Waals surface area contributed by atoms with Crippen LogP contribution >= 0.6 is 23.4 Å². The maximum absolute atomic E-state index is 13.4. The zero-order chi connectivity index (χ0) is 24.2. The van der Waals surface area contributed by atoms with E-state index in [2.05, 4.69) is 41.6 Å². The highest BCUT2D eigenvalue weighted by Gasteiger charge is 2.55. The molecule has 7 heteroatoms. The number of pyridine rings is 1. The number of nitrogens with zero attached hydrogens (tertiary/aromatic N) is 3. The number of hydrogen-bond donors (Lipinski definition) is 0. The first-order chi connectivity index (χ1) is 16.9. The highest BCUT2D eigenvalue weighted by Crippen LogP contribution is 2.56. The molecule has 3 aromatic rings. The van der Waals surface area contributed by atoms with Crippen LogP contribution in [0.4, 0.5) is 9.18 Å². The van der Waals surface area contributed by atoms with E-state index in [1.165, 1.54) is 27.8 Å². The van der Waals surface area contributed by atoms with Crippen LogP contribution in [-0.2, 0) is 0 Å². The van der Waals surface area contributed by atoms with Gasteiger partial charge in [-0.25, -0.2) is 9.18 Å². The molecule has 4 nitrogen and oxygen atoms in total. The van der Waals surface area contributed by atoms with E-state index in [4.69, 9.17) is 11.6 Å². The molecule has 2 saturated heterocycles. The summed E-state index contributed by atoms with van der Waals surface area (Å²) in [6.45, 7) is 3.19. The monoisotopic (exact) mass is 507 g/mol. The number of halogens is 2. The number of thioether (sulfide) groups is 1. The van der Waals surface area contributed by atoms with Gasteiger partial charge in [0.1, 0.15) is 5.82 Å². The Morgan fingerprint density at radius 1 is 1.00 bits per heavy atom. The molecule has 3 aliphatic rings. The average Bonchev–Trinajstić information content (AvgIpc) is 2.77. The number of urea groups is 1. The van der Waals surface area contributed by atoms with E-state index in [0.717, 1.165) is 49.6 Å².